The van der Waals surface area contributed by atoms with Gasteiger partial charge in [-0.1, -0.05) is 54.6 Å². The average Bonchev–Trinajstić information content (AvgIpc) is 2.91. The first-order valence-electron chi connectivity index (χ1n) is 11.2. The van der Waals surface area contributed by atoms with E-state index in [1.165, 1.54) is 0 Å². The van der Waals surface area contributed by atoms with Gasteiger partial charge in [-0.15, -0.1) is 0 Å². The molecular weight excluding hydrogens is 440 g/mol. The topological polar surface area (TPSA) is 77.4 Å². The van der Waals surface area contributed by atoms with Crippen molar-refractivity contribution in [1.29, 1.82) is 0 Å². The van der Waals surface area contributed by atoms with Gasteiger partial charge in [0, 0.05) is 22.0 Å². The second-order valence-corrected chi connectivity index (χ2v) is 8.13. The minimum Gasteiger partial charge on any atom is -0.459 e. The third-order valence-electron chi connectivity index (χ3n) is 5.81. The maximum atomic E-state index is 12.9. The number of nitrogens with one attached hydrogen (secondary N) is 1. The predicted molar refractivity (Wildman–Crippen MR) is 136 cm³/mol. The van der Waals surface area contributed by atoms with Gasteiger partial charge in [0.25, 0.3) is 5.91 Å². The molecule has 0 aliphatic rings. The summed E-state index contributed by atoms with van der Waals surface area (Å²) in [4.78, 5) is 38.0. The summed E-state index contributed by atoms with van der Waals surface area (Å²) >= 11 is 0. The van der Waals surface area contributed by atoms with Gasteiger partial charge < -0.3 is 14.6 Å². The van der Waals surface area contributed by atoms with Gasteiger partial charge in [-0.05, 0) is 54.1 Å². The van der Waals surface area contributed by atoms with Crippen molar-refractivity contribution in [3.05, 3.63) is 124 Å². The van der Waals surface area contributed by atoms with Crippen LogP contribution in [0.3, 0.4) is 0 Å². The van der Waals surface area contributed by atoms with Crippen LogP contribution in [0.15, 0.2) is 108 Å². The van der Waals surface area contributed by atoms with Crippen LogP contribution in [0.2, 0.25) is 0 Å². The molecule has 4 aromatic carbocycles. The summed E-state index contributed by atoms with van der Waals surface area (Å²) in [7, 11) is 0. The number of ether oxygens (including phenoxy) is 1. The predicted octanol–water partition coefficient (Wildman–Crippen LogP) is 5.15. The van der Waals surface area contributed by atoms with E-state index in [1.54, 1.807) is 36.4 Å². The Kier molecular flexibility index (Phi) is 6.09. The molecule has 0 aliphatic carbocycles. The van der Waals surface area contributed by atoms with Gasteiger partial charge in [0.15, 0.2) is 5.43 Å². The quantitative estimate of drug-likeness (QED) is 0.280. The zero-order valence-electron chi connectivity index (χ0n) is 18.8. The monoisotopic (exact) mass is 462 g/mol. The number of hydrogen-bond donors (Lipinski definition) is 1. The van der Waals surface area contributed by atoms with E-state index in [-0.39, 0.29) is 24.5 Å². The van der Waals surface area contributed by atoms with Crippen molar-refractivity contribution in [1.82, 2.24) is 4.57 Å². The Bertz CT molecular complexity index is 1530. The fourth-order valence-electron chi connectivity index (χ4n) is 4.06. The zero-order valence-corrected chi connectivity index (χ0v) is 18.8. The Hall–Kier alpha value is -4.71. The molecule has 0 unspecified atom stereocenters. The fraction of sp³-hybridized carbons (Fsp3) is 0.0690. The molecule has 6 nitrogen and oxygen atoms in total. The number of para-hydroxylation sites is 3. The first-order chi connectivity index (χ1) is 17.1. The fourth-order valence-corrected chi connectivity index (χ4v) is 4.06. The number of benzene rings is 4. The van der Waals surface area contributed by atoms with Gasteiger partial charge >= 0.3 is 5.97 Å². The largest absolute Gasteiger partial charge is 0.459 e. The molecule has 0 bridgehead atoms. The van der Waals surface area contributed by atoms with E-state index in [0.29, 0.717) is 27.4 Å². The van der Waals surface area contributed by atoms with E-state index in [9.17, 15) is 14.4 Å². The van der Waals surface area contributed by atoms with Crippen LogP contribution in [-0.2, 0) is 22.7 Å². The first kappa shape index (κ1) is 22.1. The average molecular weight is 463 g/mol. The van der Waals surface area contributed by atoms with Gasteiger partial charge in [0.05, 0.1) is 11.0 Å². The normalized spacial score (nSPS) is 10.9. The number of carbonyl (C=O) groups excluding carboxylic acids is 2. The summed E-state index contributed by atoms with van der Waals surface area (Å²) in [5.41, 5.74) is 3.30. The molecule has 0 saturated heterocycles. The molecule has 6 heteroatoms. The number of aromatic nitrogens is 1. The summed E-state index contributed by atoms with van der Waals surface area (Å²) in [5.74, 6) is -0.633. The molecule has 0 spiro atoms. The Morgan fingerprint density at radius 2 is 1.29 bits per heavy atom. The molecule has 1 heterocycles. The van der Waals surface area contributed by atoms with Crippen molar-refractivity contribution in [2.24, 2.45) is 0 Å². The molecule has 1 aromatic heterocycles. The van der Waals surface area contributed by atoms with Crippen molar-refractivity contribution >= 4 is 39.4 Å². The van der Waals surface area contributed by atoms with Gasteiger partial charge in [-0.3, -0.25) is 14.4 Å². The number of anilines is 1. The molecule has 0 radical (unpaired) electrons. The van der Waals surface area contributed by atoms with Crippen molar-refractivity contribution in [3.8, 4) is 0 Å². The van der Waals surface area contributed by atoms with Gasteiger partial charge in [-0.2, -0.15) is 0 Å². The van der Waals surface area contributed by atoms with Crippen LogP contribution in [0.25, 0.3) is 21.8 Å². The van der Waals surface area contributed by atoms with Crippen LogP contribution in [0, 0.1) is 0 Å². The maximum absolute atomic E-state index is 12.9. The molecular formula is C29H22N2O4. The SMILES string of the molecule is O=C(Cn1c2ccccc2c(=O)c2ccccc21)OCc1ccc(C(=O)Nc2ccccc2)cc1. The highest BCUT2D eigenvalue weighted by atomic mass is 16.5. The molecule has 0 atom stereocenters. The molecule has 35 heavy (non-hydrogen) atoms. The van der Waals surface area contributed by atoms with Crippen molar-refractivity contribution in [2.45, 2.75) is 13.2 Å². The Morgan fingerprint density at radius 1 is 0.714 bits per heavy atom. The number of carbonyl (C=O) groups is 2. The van der Waals surface area contributed by atoms with E-state index in [4.69, 9.17) is 4.74 Å². The van der Waals surface area contributed by atoms with Crippen LogP contribution in [0.4, 0.5) is 5.69 Å². The molecule has 1 amide bonds. The summed E-state index contributed by atoms with van der Waals surface area (Å²) in [6, 6.07) is 30.6. The van der Waals surface area contributed by atoms with Gasteiger partial charge in [0.1, 0.15) is 13.2 Å². The van der Waals surface area contributed by atoms with Gasteiger partial charge in [-0.25, -0.2) is 0 Å². The van der Waals surface area contributed by atoms with E-state index in [0.717, 1.165) is 11.3 Å². The number of nitrogens with zero attached hydrogens (tertiary/aromatic N) is 1. The molecule has 0 fully saturated rings. The number of hydrogen-bond acceptors (Lipinski definition) is 4. The number of rotatable bonds is 6. The molecule has 0 aliphatic heterocycles. The van der Waals surface area contributed by atoms with Gasteiger partial charge in [0.2, 0.25) is 0 Å². The van der Waals surface area contributed by atoms with Crippen molar-refractivity contribution in [3.63, 3.8) is 0 Å². The Labute approximate surface area is 201 Å². The lowest BCUT2D eigenvalue weighted by Crippen LogP contribution is -2.18. The highest BCUT2D eigenvalue weighted by Gasteiger charge is 2.14. The molecule has 1 N–H and O–H groups in total. The third-order valence-corrected chi connectivity index (χ3v) is 5.81. The number of pyridine rings is 1. The lowest BCUT2D eigenvalue weighted by Gasteiger charge is -2.14. The highest BCUT2D eigenvalue weighted by molar-refractivity contribution is 6.04. The second-order valence-electron chi connectivity index (χ2n) is 8.13. The summed E-state index contributed by atoms with van der Waals surface area (Å²) in [6.07, 6.45) is 0. The summed E-state index contributed by atoms with van der Waals surface area (Å²) in [6.45, 7) is 0.0500. The minimum atomic E-state index is -0.421. The molecule has 172 valence electrons. The lowest BCUT2D eigenvalue weighted by molar-refractivity contribution is -0.145. The smallest absolute Gasteiger partial charge is 0.326 e. The van der Waals surface area contributed by atoms with E-state index >= 15 is 0 Å². The second kappa shape index (κ2) is 9.65. The van der Waals surface area contributed by atoms with E-state index < -0.39 is 5.97 Å². The van der Waals surface area contributed by atoms with Crippen LogP contribution in [0.1, 0.15) is 15.9 Å². The highest BCUT2D eigenvalue weighted by Crippen LogP contribution is 2.19. The summed E-state index contributed by atoms with van der Waals surface area (Å²) in [5, 5.41) is 3.96. The van der Waals surface area contributed by atoms with Crippen molar-refractivity contribution in [2.75, 3.05) is 5.32 Å². The maximum Gasteiger partial charge on any atom is 0.326 e. The van der Waals surface area contributed by atoms with Crippen LogP contribution in [-0.4, -0.2) is 16.4 Å². The minimum absolute atomic E-state index is 0.0289. The standard InChI is InChI=1S/C29H22N2O4/c32-27(18-31-25-12-6-4-10-23(25)28(33)24-11-5-7-13-26(24)31)35-19-20-14-16-21(17-15-20)29(34)30-22-8-2-1-3-9-22/h1-17H,18-19H2,(H,30,34). The molecule has 5 rings (SSSR count). The lowest BCUT2D eigenvalue weighted by atomic mass is 10.1. The number of fused-ring (bicyclic) bond motifs is 2. The first-order valence-corrected chi connectivity index (χ1v) is 11.2. The van der Waals surface area contributed by atoms with Crippen molar-refractivity contribution < 1.29 is 14.3 Å². The Morgan fingerprint density at radius 3 is 1.91 bits per heavy atom. The van der Waals surface area contributed by atoms with Crippen LogP contribution >= 0.6 is 0 Å². The van der Waals surface area contributed by atoms with E-state index in [2.05, 4.69) is 5.32 Å². The van der Waals surface area contributed by atoms with E-state index in [1.807, 2.05) is 71.3 Å². The third kappa shape index (κ3) is 4.68. The number of amides is 1. The zero-order chi connectivity index (χ0) is 24.2. The molecule has 0 saturated carbocycles. The van der Waals surface area contributed by atoms with Crippen LogP contribution in [0.5, 0.6) is 0 Å². The number of esters is 1. The molecule has 5 aromatic rings. The summed E-state index contributed by atoms with van der Waals surface area (Å²) < 4.78 is 7.33. The van der Waals surface area contributed by atoms with Crippen LogP contribution < -0.4 is 10.7 Å². The Balaban J connectivity index is 1.29.